The van der Waals surface area contributed by atoms with Gasteiger partial charge >= 0.3 is 0 Å². The van der Waals surface area contributed by atoms with E-state index in [1.807, 2.05) is 11.9 Å². The zero-order chi connectivity index (χ0) is 11.0. The van der Waals surface area contributed by atoms with Gasteiger partial charge in [-0.25, -0.2) is 0 Å². The van der Waals surface area contributed by atoms with Crippen LogP contribution in [0.15, 0.2) is 0 Å². The molecule has 3 atom stereocenters. The lowest BCUT2D eigenvalue weighted by atomic mass is 10.0. The van der Waals surface area contributed by atoms with Crippen molar-refractivity contribution in [3.8, 4) is 0 Å². The van der Waals surface area contributed by atoms with Gasteiger partial charge in [0.05, 0.1) is 0 Å². The Morgan fingerprint density at radius 3 is 2.40 bits per heavy atom. The van der Waals surface area contributed by atoms with Crippen molar-refractivity contribution in [1.29, 1.82) is 0 Å². The minimum Gasteiger partial charge on any atom is -0.342 e. The van der Waals surface area contributed by atoms with Crippen LogP contribution >= 0.6 is 15.9 Å². The predicted molar refractivity (Wildman–Crippen MR) is 65.0 cm³/mol. The van der Waals surface area contributed by atoms with Crippen LogP contribution in [0.1, 0.15) is 32.6 Å². The lowest BCUT2D eigenvalue weighted by Crippen LogP contribution is -2.37. The molecule has 0 spiro atoms. The topological polar surface area (TPSA) is 20.3 Å². The van der Waals surface area contributed by atoms with Crippen molar-refractivity contribution in [2.75, 3.05) is 12.4 Å². The minimum atomic E-state index is 0.320. The molecule has 0 aliphatic heterocycles. The number of alkyl halides is 1. The van der Waals surface area contributed by atoms with Gasteiger partial charge in [0.25, 0.3) is 0 Å². The second-order valence-electron chi connectivity index (χ2n) is 5.09. The summed E-state index contributed by atoms with van der Waals surface area (Å²) >= 11 is 3.44. The van der Waals surface area contributed by atoms with E-state index >= 15 is 0 Å². The van der Waals surface area contributed by atoms with Crippen LogP contribution in [0.2, 0.25) is 0 Å². The Kier molecular flexibility index (Phi) is 3.39. The molecule has 15 heavy (non-hydrogen) atoms. The maximum atomic E-state index is 12.2. The monoisotopic (exact) mass is 273 g/mol. The molecular weight excluding hydrogens is 254 g/mol. The summed E-state index contributed by atoms with van der Waals surface area (Å²) in [4.78, 5) is 14.1. The molecule has 2 nitrogen and oxygen atoms in total. The summed E-state index contributed by atoms with van der Waals surface area (Å²) in [5, 5.41) is 0.872. The molecule has 0 heterocycles. The number of hydrogen-bond acceptors (Lipinski definition) is 1. The minimum absolute atomic E-state index is 0.320. The molecule has 0 saturated heterocycles. The van der Waals surface area contributed by atoms with Gasteiger partial charge in [-0.3, -0.25) is 4.79 Å². The molecule has 0 bridgehead atoms. The van der Waals surface area contributed by atoms with Crippen LogP contribution in [0.3, 0.4) is 0 Å². The largest absolute Gasteiger partial charge is 0.342 e. The van der Waals surface area contributed by atoms with E-state index in [9.17, 15) is 4.79 Å². The van der Waals surface area contributed by atoms with Crippen molar-refractivity contribution in [3.63, 3.8) is 0 Å². The van der Waals surface area contributed by atoms with E-state index < -0.39 is 0 Å². The standard InChI is InChI=1S/C12H20BrNO/c1-8(7-13)14(2)12(15)11-9-5-3-4-6-10(9)11/h8-11H,3-7H2,1-2H3. The molecule has 0 aromatic heterocycles. The summed E-state index contributed by atoms with van der Waals surface area (Å²) in [5.41, 5.74) is 0. The molecule has 0 aromatic rings. The Bertz CT molecular complexity index is 244. The van der Waals surface area contributed by atoms with Gasteiger partial charge in [-0.2, -0.15) is 0 Å². The summed E-state index contributed by atoms with van der Waals surface area (Å²) < 4.78 is 0. The molecule has 3 heteroatoms. The fourth-order valence-electron chi connectivity index (χ4n) is 2.91. The fourth-order valence-corrected chi connectivity index (χ4v) is 3.35. The smallest absolute Gasteiger partial charge is 0.226 e. The molecule has 2 saturated carbocycles. The third-order valence-electron chi connectivity index (χ3n) is 4.17. The van der Waals surface area contributed by atoms with Crippen molar-refractivity contribution in [1.82, 2.24) is 4.90 Å². The molecule has 1 amide bonds. The van der Waals surface area contributed by atoms with Crippen LogP contribution in [-0.2, 0) is 4.79 Å². The van der Waals surface area contributed by atoms with Gasteiger partial charge in [0, 0.05) is 24.3 Å². The van der Waals surface area contributed by atoms with E-state index in [-0.39, 0.29) is 0 Å². The molecule has 0 aromatic carbocycles. The Morgan fingerprint density at radius 1 is 1.40 bits per heavy atom. The summed E-state index contributed by atoms with van der Waals surface area (Å²) in [6, 6.07) is 0.320. The Balaban J connectivity index is 1.92. The van der Waals surface area contributed by atoms with Crippen LogP contribution in [0, 0.1) is 17.8 Å². The molecule has 2 aliphatic rings. The Morgan fingerprint density at radius 2 is 1.93 bits per heavy atom. The van der Waals surface area contributed by atoms with Crippen LogP contribution < -0.4 is 0 Å². The highest BCUT2D eigenvalue weighted by atomic mass is 79.9. The third kappa shape index (κ3) is 2.08. The highest BCUT2D eigenvalue weighted by Crippen LogP contribution is 2.56. The number of rotatable bonds is 3. The normalized spacial score (nSPS) is 35.5. The first-order chi connectivity index (χ1) is 7.16. The van der Waals surface area contributed by atoms with Crippen molar-refractivity contribution in [2.24, 2.45) is 17.8 Å². The highest BCUT2D eigenvalue weighted by molar-refractivity contribution is 9.09. The van der Waals surface area contributed by atoms with Gasteiger partial charge in [0.15, 0.2) is 0 Å². The quantitative estimate of drug-likeness (QED) is 0.724. The van der Waals surface area contributed by atoms with Gasteiger partial charge in [-0.1, -0.05) is 28.8 Å². The van der Waals surface area contributed by atoms with Gasteiger partial charge in [0.1, 0.15) is 0 Å². The average molecular weight is 274 g/mol. The number of amides is 1. The second kappa shape index (κ2) is 4.44. The van der Waals surface area contributed by atoms with Gasteiger partial charge in [-0.15, -0.1) is 0 Å². The average Bonchev–Trinajstić information content (AvgIpc) is 3.00. The number of nitrogens with zero attached hydrogens (tertiary/aromatic N) is 1. The molecule has 2 aliphatic carbocycles. The Hall–Kier alpha value is -0.0500. The third-order valence-corrected chi connectivity index (χ3v) is 5.11. The number of halogens is 1. The lowest BCUT2D eigenvalue weighted by molar-refractivity contribution is -0.133. The molecule has 2 rings (SSSR count). The van der Waals surface area contributed by atoms with Crippen LogP contribution in [0.4, 0.5) is 0 Å². The first-order valence-corrected chi connectivity index (χ1v) is 7.11. The van der Waals surface area contributed by atoms with Crippen molar-refractivity contribution in [3.05, 3.63) is 0 Å². The summed E-state index contributed by atoms with van der Waals surface area (Å²) in [6.45, 7) is 2.10. The second-order valence-corrected chi connectivity index (χ2v) is 5.74. The summed E-state index contributed by atoms with van der Waals surface area (Å²) in [5.74, 6) is 2.23. The zero-order valence-electron chi connectivity index (χ0n) is 9.58. The van der Waals surface area contributed by atoms with Crippen LogP contribution in [-0.4, -0.2) is 29.2 Å². The van der Waals surface area contributed by atoms with E-state index in [1.54, 1.807) is 0 Å². The maximum absolute atomic E-state index is 12.2. The number of fused-ring (bicyclic) bond motifs is 1. The van der Waals surface area contributed by atoms with E-state index in [4.69, 9.17) is 0 Å². The van der Waals surface area contributed by atoms with Crippen molar-refractivity contribution >= 4 is 21.8 Å². The lowest BCUT2D eigenvalue weighted by Gasteiger charge is -2.23. The zero-order valence-corrected chi connectivity index (χ0v) is 11.2. The van der Waals surface area contributed by atoms with E-state index in [0.29, 0.717) is 17.9 Å². The van der Waals surface area contributed by atoms with Gasteiger partial charge < -0.3 is 4.90 Å². The predicted octanol–water partition coefficient (Wildman–Crippen LogP) is 2.66. The molecule has 0 N–H and O–H groups in total. The molecule has 86 valence electrons. The molecular formula is C12H20BrNO. The summed E-state index contributed by atoms with van der Waals surface area (Å²) in [7, 11) is 1.94. The van der Waals surface area contributed by atoms with E-state index in [2.05, 4.69) is 22.9 Å². The number of hydrogen-bond donors (Lipinski definition) is 0. The maximum Gasteiger partial charge on any atom is 0.226 e. The highest BCUT2D eigenvalue weighted by Gasteiger charge is 2.55. The van der Waals surface area contributed by atoms with E-state index in [0.717, 1.165) is 17.2 Å². The fraction of sp³-hybridized carbons (Fsp3) is 0.917. The summed E-state index contributed by atoms with van der Waals surface area (Å²) in [6.07, 6.45) is 5.25. The van der Waals surface area contributed by atoms with E-state index in [1.165, 1.54) is 25.7 Å². The van der Waals surface area contributed by atoms with Gasteiger partial charge in [0.2, 0.25) is 5.91 Å². The molecule has 0 radical (unpaired) electrons. The van der Waals surface area contributed by atoms with Gasteiger partial charge in [-0.05, 0) is 31.6 Å². The Labute approximate surface area is 101 Å². The number of carbonyl (C=O) groups is 1. The number of carbonyl (C=O) groups excluding carboxylic acids is 1. The first-order valence-electron chi connectivity index (χ1n) is 5.99. The van der Waals surface area contributed by atoms with Crippen LogP contribution in [0.25, 0.3) is 0 Å². The SMILES string of the molecule is CC(CBr)N(C)C(=O)C1C2CCCCC21. The van der Waals surface area contributed by atoms with Crippen molar-refractivity contribution < 1.29 is 4.79 Å². The first kappa shape index (κ1) is 11.4. The molecule has 2 fully saturated rings. The van der Waals surface area contributed by atoms with Crippen LogP contribution in [0.5, 0.6) is 0 Å². The van der Waals surface area contributed by atoms with Crippen molar-refractivity contribution in [2.45, 2.75) is 38.6 Å². The molecule has 3 unspecified atom stereocenters.